The van der Waals surface area contributed by atoms with Crippen molar-refractivity contribution in [1.29, 1.82) is 0 Å². The molecular weight excluding hydrogens is 261 g/mol. The number of amides is 1. The second-order valence-corrected chi connectivity index (χ2v) is 5.02. The Kier molecular flexibility index (Phi) is 4.92. The molecule has 1 heterocycles. The number of nitrogens with two attached hydrogens (primary N) is 1. The van der Waals surface area contributed by atoms with Crippen LogP contribution in [0, 0.1) is 5.82 Å². The SMILES string of the molecule is CC(CN1CCOCC1)NC(=O)c1cc(F)ccc1N. The van der Waals surface area contributed by atoms with E-state index in [2.05, 4.69) is 10.2 Å². The number of morpholine rings is 1. The largest absolute Gasteiger partial charge is 0.398 e. The summed E-state index contributed by atoms with van der Waals surface area (Å²) in [6, 6.07) is 3.76. The fourth-order valence-corrected chi connectivity index (χ4v) is 2.24. The number of nitrogen functional groups attached to an aromatic ring is 1. The summed E-state index contributed by atoms with van der Waals surface area (Å²) >= 11 is 0. The third-order valence-electron chi connectivity index (χ3n) is 3.27. The normalized spacial score (nSPS) is 17.7. The van der Waals surface area contributed by atoms with Crippen LogP contribution < -0.4 is 11.1 Å². The van der Waals surface area contributed by atoms with Crippen molar-refractivity contribution in [2.45, 2.75) is 13.0 Å². The molecule has 0 bridgehead atoms. The Morgan fingerprint density at radius 1 is 1.50 bits per heavy atom. The van der Waals surface area contributed by atoms with Crippen molar-refractivity contribution >= 4 is 11.6 Å². The molecule has 1 aliphatic heterocycles. The van der Waals surface area contributed by atoms with Gasteiger partial charge in [0.05, 0.1) is 18.8 Å². The molecule has 0 aromatic heterocycles. The van der Waals surface area contributed by atoms with Gasteiger partial charge in [0.15, 0.2) is 0 Å². The minimum absolute atomic E-state index is 0.0386. The number of hydrogen-bond acceptors (Lipinski definition) is 4. The third-order valence-corrected chi connectivity index (χ3v) is 3.27. The van der Waals surface area contributed by atoms with E-state index in [1.54, 1.807) is 0 Å². The molecule has 2 rings (SSSR count). The Morgan fingerprint density at radius 3 is 2.90 bits per heavy atom. The van der Waals surface area contributed by atoms with Crippen molar-refractivity contribution in [1.82, 2.24) is 10.2 Å². The standard InChI is InChI=1S/C14H20FN3O2/c1-10(9-18-4-6-20-7-5-18)17-14(19)12-8-11(15)2-3-13(12)16/h2-3,8,10H,4-7,9,16H2,1H3,(H,17,19). The molecule has 1 saturated heterocycles. The Bertz CT molecular complexity index is 475. The number of rotatable bonds is 4. The average molecular weight is 281 g/mol. The minimum atomic E-state index is -0.467. The number of carbonyl (C=O) groups is 1. The van der Waals surface area contributed by atoms with Gasteiger partial charge in [0.1, 0.15) is 5.82 Å². The van der Waals surface area contributed by atoms with Gasteiger partial charge in [-0.3, -0.25) is 9.69 Å². The molecule has 3 N–H and O–H groups in total. The maximum atomic E-state index is 13.2. The summed E-state index contributed by atoms with van der Waals surface area (Å²) in [4.78, 5) is 14.3. The highest BCUT2D eigenvalue weighted by molar-refractivity contribution is 5.99. The monoisotopic (exact) mass is 281 g/mol. The van der Waals surface area contributed by atoms with E-state index in [-0.39, 0.29) is 23.2 Å². The molecular formula is C14H20FN3O2. The number of hydrogen-bond donors (Lipinski definition) is 2. The van der Waals surface area contributed by atoms with E-state index in [9.17, 15) is 9.18 Å². The maximum Gasteiger partial charge on any atom is 0.253 e. The van der Waals surface area contributed by atoms with Crippen LogP contribution in [0.1, 0.15) is 17.3 Å². The number of ether oxygens (including phenoxy) is 1. The van der Waals surface area contributed by atoms with Crippen molar-refractivity contribution < 1.29 is 13.9 Å². The summed E-state index contributed by atoms with van der Waals surface area (Å²) < 4.78 is 18.4. The van der Waals surface area contributed by atoms with Gasteiger partial charge in [0, 0.05) is 31.4 Å². The van der Waals surface area contributed by atoms with Crippen molar-refractivity contribution in [2.75, 3.05) is 38.6 Å². The molecule has 0 saturated carbocycles. The van der Waals surface area contributed by atoms with Crippen LogP contribution >= 0.6 is 0 Å². The first-order valence-corrected chi connectivity index (χ1v) is 6.72. The zero-order valence-corrected chi connectivity index (χ0v) is 11.6. The Labute approximate surface area is 117 Å². The number of nitrogens with one attached hydrogen (secondary N) is 1. The van der Waals surface area contributed by atoms with E-state index < -0.39 is 5.82 Å². The zero-order chi connectivity index (χ0) is 14.5. The average Bonchev–Trinajstić information content (AvgIpc) is 2.42. The van der Waals surface area contributed by atoms with Crippen LogP contribution in [0.5, 0.6) is 0 Å². The Balaban J connectivity index is 1.91. The van der Waals surface area contributed by atoms with Crippen LogP contribution in [-0.2, 0) is 4.74 Å². The fraction of sp³-hybridized carbons (Fsp3) is 0.500. The van der Waals surface area contributed by atoms with Crippen molar-refractivity contribution in [3.8, 4) is 0 Å². The van der Waals surface area contributed by atoms with E-state index in [4.69, 9.17) is 10.5 Å². The van der Waals surface area contributed by atoms with Gasteiger partial charge in [0.25, 0.3) is 5.91 Å². The molecule has 6 heteroatoms. The third kappa shape index (κ3) is 3.91. The molecule has 0 aliphatic carbocycles. The first-order valence-electron chi connectivity index (χ1n) is 6.72. The van der Waals surface area contributed by atoms with Crippen molar-refractivity contribution in [2.24, 2.45) is 0 Å². The smallest absolute Gasteiger partial charge is 0.253 e. The fourth-order valence-electron chi connectivity index (χ4n) is 2.24. The lowest BCUT2D eigenvalue weighted by Crippen LogP contribution is -2.46. The lowest BCUT2D eigenvalue weighted by atomic mass is 10.1. The van der Waals surface area contributed by atoms with Crippen molar-refractivity contribution in [3.05, 3.63) is 29.6 Å². The van der Waals surface area contributed by atoms with Crippen molar-refractivity contribution in [3.63, 3.8) is 0 Å². The minimum Gasteiger partial charge on any atom is -0.398 e. The molecule has 1 amide bonds. The predicted octanol–water partition coefficient (Wildman–Crippen LogP) is 0.858. The van der Waals surface area contributed by atoms with E-state index in [1.165, 1.54) is 12.1 Å². The summed E-state index contributed by atoms with van der Waals surface area (Å²) in [5.74, 6) is -0.812. The quantitative estimate of drug-likeness (QED) is 0.803. The van der Waals surface area contributed by atoms with E-state index in [0.717, 1.165) is 38.9 Å². The summed E-state index contributed by atoms with van der Waals surface area (Å²) in [5, 5.41) is 2.84. The number of nitrogens with zero attached hydrogens (tertiary/aromatic N) is 1. The molecule has 1 atom stereocenters. The van der Waals surface area contributed by atoms with Crippen LogP contribution in [0.4, 0.5) is 10.1 Å². The van der Waals surface area contributed by atoms with E-state index in [1.807, 2.05) is 6.92 Å². The molecule has 110 valence electrons. The van der Waals surface area contributed by atoms with Gasteiger partial charge in [-0.25, -0.2) is 4.39 Å². The first kappa shape index (κ1) is 14.7. The van der Waals surface area contributed by atoms with Gasteiger partial charge >= 0.3 is 0 Å². The van der Waals surface area contributed by atoms with Gasteiger partial charge in [-0.1, -0.05) is 0 Å². The summed E-state index contributed by atoms with van der Waals surface area (Å²) in [5.41, 5.74) is 6.16. The molecule has 1 aromatic rings. The first-order chi connectivity index (χ1) is 9.56. The zero-order valence-electron chi connectivity index (χ0n) is 11.6. The maximum absolute atomic E-state index is 13.2. The molecule has 1 aromatic carbocycles. The predicted molar refractivity (Wildman–Crippen MR) is 75.0 cm³/mol. The number of halogens is 1. The molecule has 20 heavy (non-hydrogen) atoms. The molecule has 0 spiro atoms. The van der Waals surface area contributed by atoms with Crippen LogP contribution in [0.2, 0.25) is 0 Å². The van der Waals surface area contributed by atoms with E-state index in [0.29, 0.717) is 0 Å². The van der Waals surface area contributed by atoms with Gasteiger partial charge < -0.3 is 15.8 Å². The second kappa shape index (κ2) is 6.67. The number of anilines is 1. The lowest BCUT2D eigenvalue weighted by molar-refractivity contribution is 0.0342. The van der Waals surface area contributed by atoms with Crippen LogP contribution in [0.3, 0.4) is 0 Å². The van der Waals surface area contributed by atoms with Gasteiger partial charge in [-0.15, -0.1) is 0 Å². The van der Waals surface area contributed by atoms with Gasteiger partial charge in [-0.2, -0.15) is 0 Å². The summed E-state index contributed by atoms with van der Waals surface area (Å²) in [6.07, 6.45) is 0. The molecule has 0 radical (unpaired) electrons. The van der Waals surface area contributed by atoms with Gasteiger partial charge in [0.2, 0.25) is 0 Å². The van der Waals surface area contributed by atoms with E-state index >= 15 is 0 Å². The molecule has 1 unspecified atom stereocenters. The summed E-state index contributed by atoms with van der Waals surface area (Å²) in [7, 11) is 0. The second-order valence-electron chi connectivity index (χ2n) is 5.02. The Hall–Kier alpha value is -1.66. The van der Waals surface area contributed by atoms with Crippen LogP contribution in [0.15, 0.2) is 18.2 Å². The number of benzene rings is 1. The number of carbonyl (C=O) groups excluding carboxylic acids is 1. The highest BCUT2D eigenvalue weighted by Gasteiger charge is 2.17. The van der Waals surface area contributed by atoms with Crippen LogP contribution in [-0.4, -0.2) is 49.7 Å². The van der Waals surface area contributed by atoms with Crippen LogP contribution in [0.25, 0.3) is 0 Å². The lowest BCUT2D eigenvalue weighted by Gasteiger charge is -2.29. The highest BCUT2D eigenvalue weighted by Crippen LogP contribution is 2.13. The Morgan fingerprint density at radius 2 is 2.20 bits per heavy atom. The topological polar surface area (TPSA) is 67.6 Å². The molecule has 1 aliphatic rings. The molecule has 1 fully saturated rings. The molecule has 5 nitrogen and oxygen atoms in total. The highest BCUT2D eigenvalue weighted by atomic mass is 19.1. The van der Waals surface area contributed by atoms with Gasteiger partial charge in [-0.05, 0) is 25.1 Å². The summed E-state index contributed by atoms with van der Waals surface area (Å²) in [6.45, 7) is 5.83.